The fourth-order valence-corrected chi connectivity index (χ4v) is 1.13. The fourth-order valence-electron chi connectivity index (χ4n) is 1.13. The van der Waals surface area contributed by atoms with Crippen LogP contribution in [-0.2, 0) is 14.2 Å². The van der Waals surface area contributed by atoms with Crippen molar-refractivity contribution in [3.05, 3.63) is 0 Å². The van der Waals surface area contributed by atoms with Crippen LogP contribution in [0.15, 0.2) is 0 Å². The van der Waals surface area contributed by atoms with Crippen LogP contribution in [0, 0.1) is 0 Å². The first-order valence-electron chi connectivity index (χ1n) is 4.57. The highest BCUT2D eigenvalue weighted by Gasteiger charge is 2.41. The van der Waals surface area contributed by atoms with E-state index >= 15 is 0 Å². The lowest BCUT2D eigenvalue weighted by Gasteiger charge is -2.18. The summed E-state index contributed by atoms with van der Waals surface area (Å²) in [5.41, 5.74) is 0.0228. The number of epoxide rings is 1. The molecule has 1 unspecified atom stereocenters. The van der Waals surface area contributed by atoms with E-state index < -0.39 is 0 Å². The highest BCUT2D eigenvalue weighted by atomic mass is 16.7. The third-order valence-corrected chi connectivity index (χ3v) is 1.94. The van der Waals surface area contributed by atoms with Crippen LogP contribution in [0.3, 0.4) is 0 Å². The monoisotopic (exact) mass is 174 g/mol. The summed E-state index contributed by atoms with van der Waals surface area (Å²) in [6.45, 7) is 8.26. The van der Waals surface area contributed by atoms with Gasteiger partial charge in [0.05, 0.1) is 12.2 Å². The number of ether oxygens (including phenoxy) is 3. The van der Waals surface area contributed by atoms with Gasteiger partial charge in [-0.3, -0.25) is 0 Å². The molecular formula is C9H18O3. The van der Waals surface area contributed by atoms with Crippen LogP contribution in [-0.4, -0.2) is 31.7 Å². The van der Waals surface area contributed by atoms with E-state index in [2.05, 4.69) is 6.92 Å². The van der Waals surface area contributed by atoms with Crippen molar-refractivity contribution >= 4 is 0 Å². The lowest BCUT2D eigenvalue weighted by Crippen LogP contribution is -2.24. The molecule has 3 nitrogen and oxygen atoms in total. The van der Waals surface area contributed by atoms with Crippen LogP contribution in [0.2, 0.25) is 0 Å². The van der Waals surface area contributed by atoms with E-state index in [0.717, 1.165) is 13.0 Å². The van der Waals surface area contributed by atoms with E-state index in [4.69, 9.17) is 14.2 Å². The molecule has 0 aromatic rings. The number of rotatable bonds is 6. The molecule has 0 aromatic carbocycles. The Balaban J connectivity index is 2.22. The van der Waals surface area contributed by atoms with E-state index in [9.17, 15) is 0 Å². The maximum atomic E-state index is 5.40. The van der Waals surface area contributed by atoms with Gasteiger partial charge in [-0.25, -0.2) is 0 Å². The Morgan fingerprint density at radius 2 is 1.83 bits per heavy atom. The second-order valence-corrected chi connectivity index (χ2v) is 3.28. The second kappa shape index (κ2) is 4.21. The van der Waals surface area contributed by atoms with Gasteiger partial charge in [0.1, 0.15) is 0 Å². The largest absolute Gasteiger partial charge is 0.370 e. The van der Waals surface area contributed by atoms with Crippen LogP contribution in [0.5, 0.6) is 0 Å². The molecule has 1 atom stereocenters. The van der Waals surface area contributed by atoms with E-state index in [0.29, 0.717) is 13.2 Å². The van der Waals surface area contributed by atoms with Gasteiger partial charge in [-0.2, -0.15) is 0 Å². The van der Waals surface area contributed by atoms with Crippen LogP contribution >= 0.6 is 0 Å². The van der Waals surface area contributed by atoms with Gasteiger partial charge in [0.15, 0.2) is 6.29 Å². The summed E-state index contributed by atoms with van der Waals surface area (Å²) in [5, 5.41) is 0. The summed E-state index contributed by atoms with van der Waals surface area (Å²) in [4.78, 5) is 0. The average Bonchev–Trinajstić information content (AvgIpc) is 2.69. The molecule has 1 aliphatic heterocycles. The summed E-state index contributed by atoms with van der Waals surface area (Å²) in [7, 11) is 0. The average molecular weight is 174 g/mol. The van der Waals surface area contributed by atoms with Crippen molar-refractivity contribution < 1.29 is 14.2 Å². The van der Waals surface area contributed by atoms with Gasteiger partial charge < -0.3 is 14.2 Å². The first-order valence-corrected chi connectivity index (χ1v) is 4.57. The molecule has 72 valence electrons. The molecule has 0 spiro atoms. The van der Waals surface area contributed by atoms with Gasteiger partial charge in [0.25, 0.3) is 0 Å². The van der Waals surface area contributed by atoms with Crippen LogP contribution < -0.4 is 0 Å². The highest BCUT2D eigenvalue weighted by Crippen LogP contribution is 2.32. The zero-order valence-corrected chi connectivity index (χ0v) is 8.13. The highest BCUT2D eigenvalue weighted by molar-refractivity contribution is 4.87. The van der Waals surface area contributed by atoms with Crippen LogP contribution in [0.4, 0.5) is 0 Å². The van der Waals surface area contributed by atoms with E-state index in [-0.39, 0.29) is 11.9 Å². The zero-order valence-electron chi connectivity index (χ0n) is 8.13. The topological polar surface area (TPSA) is 31.0 Å². The molecule has 12 heavy (non-hydrogen) atoms. The molecule has 0 saturated carbocycles. The lowest BCUT2D eigenvalue weighted by atomic mass is 10.1. The van der Waals surface area contributed by atoms with E-state index in [1.807, 2.05) is 13.8 Å². The Hall–Kier alpha value is -0.120. The van der Waals surface area contributed by atoms with Crippen molar-refractivity contribution in [3.8, 4) is 0 Å². The zero-order chi connectivity index (χ0) is 9.03. The summed E-state index contributed by atoms with van der Waals surface area (Å²) in [6, 6.07) is 0. The SMILES string of the molecule is CCOC(CC1(C)CO1)OCC. The van der Waals surface area contributed by atoms with Crippen molar-refractivity contribution in [2.45, 2.75) is 39.1 Å². The molecule has 1 fully saturated rings. The van der Waals surface area contributed by atoms with Crippen molar-refractivity contribution in [2.75, 3.05) is 19.8 Å². The van der Waals surface area contributed by atoms with E-state index in [1.54, 1.807) is 0 Å². The molecule has 1 rings (SSSR count). The maximum absolute atomic E-state index is 5.40. The Morgan fingerprint density at radius 1 is 1.33 bits per heavy atom. The Kier molecular flexibility index (Phi) is 3.50. The summed E-state index contributed by atoms with van der Waals surface area (Å²) in [5.74, 6) is 0. The molecule has 1 heterocycles. The van der Waals surface area contributed by atoms with Crippen molar-refractivity contribution in [3.63, 3.8) is 0 Å². The smallest absolute Gasteiger partial charge is 0.160 e. The quantitative estimate of drug-likeness (QED) is 0.452. The third-order valence-electron chi connectivity index (χ3n) is 1.94. The lowest BCUT2D eigenvalue weighted by molar-refractivity contribution is -0.146. The van der Waals surface area contributed by atoms with Gasteiger partial charge in [0.2, 0.25) is 0 Å². The molecule has 0 N–H and O–H groups in total. The summed E-state index contributed by atoms with van der Waals surface area (Å²) >= 11 is 0. The van der Waals surface area contributed by atoms with Crippen molar-refractivity contribution in [1.29, 1.82) is 0 Å². The fraction of sp³-hybridized carbons (Fsp3) is 1.00. The molecule has 3 heteroatoms. The minimum Gasteiger partial charge on any atom is -0.370 e. The molecule has 0 bridgehead atoms. The predicted molar refractivity (Wildman–Crippen MR) is 46.0 cm³/mol. The first-order chi connectivity index (χ1) is 5.70. The summed E-state index contributed by atoms with van der Waals surface area (Å²) < 4.78 is 16.1. The molecule has 0 aliphatic carbocycles. The molecule has 1 saturated heterocycles. The molecule has 0 radical (unpaired) electrons. The third kappa shape index (κ3) is 3.09. The van der Waals surface area contributed by atoms with Crippen molar-refractivity contribution in [2.24, 2.45) is 0 Å². The van der Waals surface area contributed by atoms with Gasteiger partial charge in [-0.15, -0.1) is 0 Å². The Labute approximate surface area is 74.0 Å². The number of hydrogen-bond acceptors (Lipinski definition) is 3. The van der Waals surface area contributed by atoms with Crippen molar-refractivity contribution in [1.82, 2.24) is 0 Å². The maximum Gasteiger partial charge on any atom is 0.160 e. The first kappa shape index (κ1) is 9.96. The number of hydrogen-bond donors (Lipinski definition) is 0. The van der Waals surface area contributed by atoms with Gasteiger partial charge in [0, 0.05) is 19.6 Å². The predicted octanol–water partition coefficient (Wildman–Crippen LogP) is 1.56. The van der Waals surface area contributed by atoms with Gasteiger partial charge in [-0.05, 0) is 20.8 Å². The normalized spacial score (nSPS) is 28.0. The second-order valence-electron chi connectivity index (χ2n) is 3.28. The Morgan fingerprint density at radius 3 is 2.17 bits per heavy atom. The summed E-state index contributed by atoms with van der Waals surface area (Å²) in [6.07, 6.45) is 0.752. The van der Waals surface area contributed by atoms with Gasteiger partial charge >= 0.3 is 0 Å². The molecule has 1 aliphatic rings. The standard InChI is InChI=1S/C9H18O3/c1-4-10-8(11-5-2)6-9(3)7-12-9/h8H,4-7H2,1-3H3. The Bertz CT molecular complexity index is 126. The molecule has 0 amide bonds. The van der Waals surface area contributed by atoms with Gasteiger partial charge in [-0.1, -0.05) is 0 Å². The van der Waals surface area contributed by atoms with Crippen LogP contribution in [0.25, 0.3) is 0 Å². The van der Waals surface area contributed by atoms with E-state index in [1.165, 1.54) is 0 Å². The van der Waals surface area contributed by atoms with Crippen LogP contribution in [0.1, 0.15) is 27.2 Å². The molecule has 0 aromatic heterocycles. The molecular weight excluding hydrogens is 156 g/mol. The minimum absolute atomic E-state index is 0.0228. The minimum atomic E-state index is -0.0903.